The van der Waals surface area contributed by atoms with Crippen LogP contribution in [0.15, 0.2) is 29.2 Å². The van der Waals surface area contributed by atoms with E-state index in [1.165, 1.54) is 0 Å². The molecule has 0 aliphatic heterocycles. The molecule has 0 aromatic heterocycles. The smallest absolute Gasteiger partial charge is 0.222 e. The van der Waals surface area contributed by atoms with Crippen LogP contribution in [0.4, 0.5) is 13.2 Å². The Kier molecular flexibility index (Phi) is 3.76. The maximum atomic E-state index is 13.0. The summed E-state index contributed by atoms with van der Waals surface area (Å²) in [5, 5.41) is -4.51. The van der Waals surface area contributed by atoms with Crippen LogP contribution in [0.2, 0.25) is 5.02 Å². The lowest BCUT2D eigenvalue weighted by molar-refractivity contribution is 0.0423. The van der Waals surface area contributed by atoms with E-state index in [1.807, 2.05) is 0 Å². The highest BCUT2D eigenvalue weighted by Gasteiger charge is 2.53. The lowest BCUT2D eigenvalue weighted by Gasteiger charge is -2.16. The Morgan fingerprint density at radius 1 is 1.19 bits per heavy atom. The lowest BCUT2D eigenvalue weighted by Crippen LogP contribution is -2.35. The zero-order chi connectivity index (χ0) is 12.6. The molecule has 2 nitrogen and oxygen atoms in total. The van der Waals surface area contributed by atoms with Gasteiger partial charge in [-0.3, -0.25) is 0 Å². The summed E-state index contributed by atoms with van der Waals surface area (Å²) in [4.78, 5) is -0.745. The van der Waals surface area contributed by atoms with Gasteiger partial charge in [-0.05, 0) is 24.3 Å². The predicted octanol–water partition coefficient (Wildman–Crippen LogP) is 3.24. The molecule has 1 atom stereocenters. The maximum Gasteiger partial charge on any atom is 0.393 e. The average Bonchev–Trinajstić information content (AvgIpc) is 2.17. The Balaban J connectivity index is 3.27. The fraction of sp³-hybridized carbons (Fsp3) is 0.250. The zero-order valence-electron chi connectivity index (χ0n) is 7.50. The summed E-state index contributed by atoms with van der Waals surface area (Å²) in [6.45, 7) is 0. The number of halogens is 5. The highest BCUT2D eigenvalue weighted by molar-refractivity contribution is 7.92. The molecule has 0 spiro atoms. The van der Waals surface area contributed by atoms with Gasteiger partial charge in [-0.1, -0.05) is 23.2 Å². The van der Waals surface area contributed by atoms with Crippen molar-refractivity contribution in [2.75, 3.05) is 0 Å². The van der Waals surface area contributed by atoms with Crippen LogP contribution >= 0.6 is 23.2 Å². The van der Waals surface area contributed by atoms with E-state index in [9.17, 15) is 21.6 Å². The Labute approximate surface area is 99.9 Å². The number of hydrogen-bond acceptors (Lipinski definition) is 2. The quantitative estimate of drug-likeness (QED) is 0.802. The van der Waals surface area contributed by atoms with Gasteiger partial charge in [0.1, 0.15) is 0 Å². The van der Waals surface area contributed by atoms with Gasteiger partial charge in [0.05, 0.1) is 4.90 Å². The Morgan fingerprint density at radius 2 is 1.62 bits per heavy atom. The molecule has 0 unspecified atom stereocenters. The molecule has 1 rings (SSSR count). The number of alkyl halides is 4. The molecule has 0 aliphatic carbocycles. The second-order valence-corrected chi connectivity index (χ2v) is 5.66. The number of benzene rings is 1. The van der Waals surface area contributed by atoms with Crippen LogP contribution in [0.1, 0.15) is 0 Å². The molecule has 0 N–H and O–H groups in total. The summed E-state index contributed by atoms with van der Waals surface area (Å²) in [5.74, 6) is 0. The molecule has 0 bridgehead atoms. The average molecular weight is 293 g/mol. The summed E-state index contributed by atoms with van der Waals surface area (Å²) in [6.07, 6.45) is 0. The van der Waals surface area contributed by atoms with Crippen molar-refractivity contribution in [1.82, 2.24) is 0 Å². The third-order valence-electron chi connectivity index (χ3n) is 1.74. The summed E-state index contributed by atoms with van der Waals surface area (Å²) in [5.41, 5.74) is -3.31. The third kappa shape index (κ3) is 2.28. The molecule has 0 aliphatic rings. The lowest BCUT2D eigenvalue weighted by atomic mass is 10.4. The predicted molar refractivity (Wildman–Crippen MR) is 54.3 cm³/mol. The minimum atomic E-state index is -5.15. The first-order valence-electron chi connectivity index (χ1n) is 3.86. The van der Waals surface area contributed by atoms with Gasteiger partial charge in [-0.25, -0.2) is 12.8 Å². The van der Waals surface area contributed by atoms with Gasteiger partial charge in [-0.15, -0.1) is 0 Å². The maximum absolute atomic E-state index is 13.0. The van der Waals surface area contributed by atoms with Crippen molar-refractivity contribution < 1.29 is 21.6 Å². The SMILES string of the molecule is O=S(=O)(c1ccc(Cl)cc1)C(F)(F)[C@H](F)Cl. The standard InChI is InChI=1S/C8H5Cl2F3O2S/c9-5-1-3-6(4-2-5)16(14,15)8(12,13)7(10)11/h1-4,7H/t7-/m0/s1. The molecule has 0 fully saturated rings. The van der Waals surface area contributed by atoms with Crippen molar-refractivity contribution in [3.05, 3.63) is 29.3 Å². The van der Waals surface area contributed by atoms with Gasteiger partial charge in [0, 0.05) is 5.02 Å². The van der Waals surface area contributed by atoms with Gasteiger partial charge in [0.25, 0.3) is 5.63 Å². The largest absolute Gasteiger partial charge is 0.393 e. The van der Waals surface area contributed by atoms with Gasteiger partial charge in [0.2, 0.25) is 9.84 Å². The Hall–Kier alpha value is -0.460. The molecule has 0 saturated heterocycles. The first-order chi connectivity index (χ1) is 7.19. The first kappa shape index (κ1) is 13.6. The molecule has 0 saturated carbocycles. The highest BCUT2D eigenvalue weighted by atomic mass is 35.5. The van der Waals surface area contributed by atoms with Gasteiger partial charge in [-0.2, -0.15) is 8.78 Å². The van der Waals surface area contributed by atoms with Gasteiger partial charge >= 0.3 is 5.25 Å². The van der Waals surface area contributed by atoms with E-state index < -0.39 is 25.6 Å². The summed E-state index contributed by atoms with van der Waals surface area (Å²) in [7, 11) is -5.15. The second-order valence-electron chi connectivity index (χ2n) is 2.82. The first-order valence-corrected chi connectivity index (χ1v) is 6.15. The number of sulfone groups is 1. The van der Waals surface area contributed by atoms with E-state index in [1.54, 1.807) is 0 Å². The number of hydrogen-bond donors (Lipinski definition) is 0. The molecular weight excluding hydrogens is 288 g/mol. The topological polar surface area (TPSA) is 34.1 Å². The molecule has 8 heteroatoms. The molecule has 1 aromatic carbocycles. The Morgan fingerprint density at radius 3 is 2.00 bits per heavy atom. The van der Waals surface area contributed by atoms with E-state index in [2.05, 4.69) is 11.6 Å². The van der Waals surface area contributed by atoms with E-state index in [0.29, 0.717) is 0 Å². The van der Waals surface area contributed by atoms with Gasteiger partial charge < -0.3 is 0 Å². The summed E-state index contributed by atoms with van der Waals surface area (Å²) < 4.78 is 60.9. The van der Waals surface area contributed by atoms with Crippen molar-refractivity contribution in [3.63, 3.8) is 0 Å². The van der Waals surface area contributed by atoms with Crippen LogP contribution in [0.5, 0.6) is 0 Å². The van der Waals surface area contributed by atoms with E-state index in [0.717, 1.165) is 24.3 Å². The molecule has 90 valence electrons. The minimum absolute atomic E-state index is 0.171. The molecule has 1 aromatic rings. The highest BCUT2D eigenvalue weighted by Crippen LogP contribution is 2.35. The monoisotopic (exact) mass is 292 g/mol. The second kappa shape index (κ2) is 4.43. The van der Waals surface area contributed by atoms with Crippen LogP contribution in [0, 0.1) is 0 Å². The molecule has 0 radical (unpaired) electrons. The fourth-order valence-electron chi connectivity index (χ4n) is 0.888. The normalized spacial score (nSPS) is 14.8. The minimum Gasteiger partial charge on any atom is -0.222 e. The van der Waals surface area contributed by atoms with E-state index in [-0.39, 0.29) is 5.02 Å². The van der Waals surface area contributed by atoms with Crippen molar-refractivity contribution >= 4 is 33.0 Å². The zero-order valence-corrected chi connectivity index (χ0v) is 9.83. The van der Waals surface area contributed by atoms with Crippen LogP contribution < -0.4 is 0 Å². The van der Waals surface area contributed by atoms with Crippen molar-refractivity contribution in [1.29, 1.82) is 0 Å². The number of rotatable bonds is 3. The molecule has 0 amide bonds. The third-order valence-corrected chi connectivity index (χ3v) is 4.21. The summed E-state index contributed by atoms with van der Waals surface area (Å²) >= 11 is 9.97. The van der Waals surface area contributed by atoms with Gasteiger partial charge in [0.15, 0.2) is 0 Å². The van der Waals surface area contributed by atoms with Crippen molar-refractivity contribution in [3.8, 4) is 0 Å². The van der Waals surface area contributed by atoms with E-state index >= 15 is 0 Å². The van der Waals surface area contributed by atoms with Crippen LogP contribution in [-0.2, 0) is 9.84 Å². The van der Waals surface area contributed by atoms with E-state index in [4.69, 9.17) is 11.6 Å². The van der Waals surface area contributed by atoms with Crippen LogP contribution in [0.25, 0.3) is 0 Å². The fourth-order valence-corrected chi connectivity index (χ4v) is 2.41. The summed E-state index contributed by atoms with van der Waals surface area (Å²) in [6, 6.07) is 3.91. The molecule has 16 heavy (non-hydrogen) atoms. The molecule has 0 heterocycles. The van der Waals surface area contributed by atoms with Crippen LogP contribution in [0.3, 0.4) is 0 Å². The molecular formula is C8H5Cl2F3O2S. The van der Waals surface area contributed by atoms with Crippen molar-refractivity contribution in [2.24, 2.45) is 0 Å². The van der Waals surface area contributed by atoms with Crippen molar-refractivity contribution in [2.45, 2.75) is 15.8 Å². The van der Waals surface area contributed by atoms with Crippen LogP contribution in [-0.4, -0.2) is 19.3 Å². The Bertz CT molecular complexity index is 471.